The molecule has 0 fully saturated rings. The van der Waals surface area contributed by atoms with Gasteiger partial charge in [0.25, 0.3) is 0 Å². The molecule has 0 heterocycles. The number of hydrogen-bond acceptors (Lipinski definition) is 0. The van der Waals surface area contributed by atoms with Crippen LogP contribution >= 0.6 is 0 Å². The van der Waals surface area contributed by atoms with E-state index < -0.39 is 21.3 Å². The molecule has 0 bridgehead atoms. The average Bonchev–Trinajstić information content (AvgIpc) is 3.38. The van der Waals surface area contributed by atoms with Crippen molar-refractivity contribution in [2.75, 3.05) is 0 Å². The van der Waals surface area contributed by atoms with Crippen LogP contribution in [-0.2, 0) is 21.3 Å². The molecule has 0 radical (unpaired) electrons. The van der Waals surface area contributed by atoms with Gasteiger partial charge in [0, 0.05) is 0 Å². The van der Waals surface area contributed by atoms with Gasteiger partial charge in [0.05, 0.1) is 0 Å². The topological polar surface area (TPSA) is 0 Å². The van der Waals surface area contributed by atoms with E-state index in [1.165, 1.54) is 39.0 Å². The van der Waals surface area contributed by atoms with Crippen molar-refractivity contribution < 1.29 is 50.5 Å². The molecule has 0 aliphatic heterocycles. The maximum absolute atomic E-state index is 13.8. The Bertz CT molecular complexity index is 1470. The maximum atomic E-state index is 13.8. The molecule has 184 valence electrons. The first-order valence-electron chi connectivity index (χ1n) is 12.3. The first-order chi connectivity index (χ1) is 17.1. The van der Waals surface area contributed by atoms with E-state index in [9.17, 15) is 4.39 Å². The van der Waals surface area contributed by atoms with Crippen molar-refractivity contribution in [3.8, 4) is 11.1 Å². The normalized spacial score (nSPS) is 16.0. The molecule has 0 N–H and O–H groups in total. The third kappa shape index (κ3) is 5.05. The second kappa shape index (κ2) is 11.6. The summed E-state index contributed by atoms with van der Waals surface area (Å²) in [6, 6.07) is 35.8. The van der Waals surface area contributed by atoms with Gasteiger partial charge in [0.2, 0.25) is 0 Å². The Labute approximate surface area is 238 Å². The van der Waals surface area contributed by atoms with Crippen molar-refractivity contribution in [1.29, 1.82) is 0 Å². The molecule has 0 nitrogen and oxygen atoms in total. The molecule has 4 heteroatoms. The molecule has 2 aliphatic rings. The molecule has 0 saturated heterocycles. The van der Waals surface area contributed by atoms with E-state index >= 15 is 0 Å². The zero-order valence-corrected chi connectivity index (χ0v) is 24.7. The zero-order valence-electron chi connectivity index (χ0n) is 20.8. The van der Waals surface area contributed by atoms with E-state index in [4.69, 9.17) is 0 Å². The summed E-state index contributed by atoms with van der Waals surface area (Å²) in [6.45, 7) is 4.68. The first-order valence-corrected chi connectivity index (χ1v) is 16.3. The second-order valence-corrected chi connectivity index (χ2v) is 15.2. The molecule has 0 saturated carbocycles. The van der Waals surface area contributed by atoms with Gasteiger partial charge >= 0.3 is 216 Å². The van der Waals surface area contributed by atoms with Crippen LogP contribution in [0.25, 0.3) is 16.7 Å². The van der Waals surface area contributed by atoms with Crippen molar-refractivity contribution >= 4 is 9.28 Å². The Morgan fingerprint density at radius 1 is 0.703 bits per heavy atom. The average molecular weight is 605 g/mol. The Kier molecular flexibility index (Phi) is 8.64. The van der Waals surface area contributed by atoms with E-state index in [-0.39, 0.29) is 30.6 Å². The minimum atomic E-state index is -2.54. The van der Waals surface area contributed by atoms with Crippen LogP contribution in [0.3, 0.4) is 0 Å². The molecule has 4 aromatic rings. The van der Waals surface area contributed by atoms with Gasteiger partial charge in [-0.1, -0.05) is 0 Å². The standard InChI is InChI=1S/C13H9.C13H13.C7H5F.2ClH.Zr/c1-3-7-12-10(5-1)9-11-6-2-4-8-13(11)12;1-10-8-11(2)13(9-10)12-6-4-3-5-7-12;1-6-2-4-7(8)5-3-6;;;/h1-9H;3-7,9-10H,1-2H3;1-5H;2*1H;/q;;;;;+2/p-2. The molecule has 1 atom stereocenters. The van der Waals surface area contributed by atoms with Crippen LogP contribution < -0.4 is 24.8 Å². The second-order valence-electron chi connectivity index (χ2n) is 9.53. The summed E-state index contributed by atoms with van der Waals surface area (Å²) in [4.78, 5) is 0. The monoisotopic (exact) mass is 602 g/mol. The summed E-state index contributed by atoms with van der Waals surface area (Å²) in [5.41, 5.74) is 10.9. The smallest absolute Gasteiger partial charge is 1.00 e. The largest absolute Gasteiger partial charge is 1.00 e. The summed E-state index contributed by atoms with van der Waals surface area (Å²) < 4.78 is 18.4. The fraction of sp³-hybridized carbons (Fsp3) is 0.121. The zero-order chi connectivity index (χ0) is 23.9. The predicted octanol–water partition coefficient (Wildman–Crippen LogP) is 2.38. The molecule has 0 spiro atoms. The van der Waals surface area contributed by atoms with Crippen molar-refractivity contribution in [3.05, 3.63) is 146 Å². The van der Waals surface area contributed by atoms with Crippen LogP contribution in [0.1, 0.15) is 39.7 Å². The molecule has 37 heavy (non-hydrogen) atoms. The number of rotatable bonds is 4. The van der Waals surface area contributed by atoms with Crippen LogP contribution in [0.15, 0.2) is 118 Å². The van der Waals surface area contributed by atoms with Crippen molar-refractivity contribution in [1.82, 2.24) is 0 Å². The van der Waals surface area contributed by atoms with Gasteiger partial charge in [-0.05, 0) is 0 Å². The molecule has 2 aliphatic carbocycles. The number of fused-ring (bicyclic) bond motifs is 3. The summed E-state index contributed by atoms with van der Waals surface area (Å²) in [5, 5.41) is 0. The van der Waals surface area contributed by atoms with E-state index in [0.29, 0.717) is 9.54 Å². The fourth-order valence-electron chi connectivity index (χ4n) is 5.90. The van der Waals surface area contributed by atoms with Crippen LogP contribution in [0.2, 0.25) is 0 Å². The quantitative estimate of drug-likeness (QED) is 0.336. The van der Waals surface area contributed by atoms with E-state index in [2.05, 4.69) is 102 Å². The number of allylic oxidation sites excluding steroid dienone is 4. The minimum absolute atomic E-state index is 0. The third-order valence-electron chi connectivity index (χ3n) is 7.41. The SMILES string of the molecule is CC1=[C](/[Zr+2](=[CH]/c2ccc(F)cc2)[CH]2c3ccccc3-c3ccccc32)C(C)C=C1c1ccccc1.[Cl-].[Cl-]. The Balaban J connectivity index is 0.00000160. The van der Waals surface area contributed by atoms with Crippen LogP contribution in [0, 0.1) is 11.7 Å². The van der Waals surface area contributed by atoms with Gasteiger partial charge < -0.3 is 24.8 Å². The van der Waals surface area contributed by atoms with Gasteiger partial charge in [0.15, 0.2) is 0 Å². The number of hydrogen-bond donors (Lipinski definition) is 0. The van der Waals surface area contributed by atoms with E-state index in [0.717, 1.165) is 5.56 Å². The van der Waals surface area contributed by atoms with E-state index in [1.54, 1.807) is 15.4 Å². The third-order valence-corrected chi connectivity index (χ3v) is 15.6. The van der Waals surface area contributed by atoms with Gasteiger partial charge in [-0.25, -0.2) is 0 Å². The number of benzene rings is 4. The Hall–Kier alpha value is -2.38. The summed E-state index contributed by atoms with van der Waals surface area (Å²) in [5.74, 6) is 0.220. The van der Waals surface area contributed by atoms with Crippen molar-refractivity contribution in [2.45, 2.75) is 17.5 Å². The number of halogens is 3. The molecule has 0 aromatic heterocycles. The van der Waals surface area contributed by atoms with Crippen LogP contribution in [0.5, 0.6) is 0 Å². The summed E-state index contributed by atoms with van der Waals surface area (Å²) in [6.07, 6.45) is 2.46. The minimum Gasteiger partial charge on any atom is -1.00 e. The van der Waals surface area contributed by atoms with Crippen LogP contribution in [-0.4, -0.2) is 3.71 Å². The molecule has 0 amide bonds. The summed E-state index contributed by atoms with van der Waals surface area (Å²) in [7, 11) is 0. The predicted molar refractivity (Wildman–Crippen MR) is 142 cm³/mol. The molecule has 6 rings (SSSR count). The maximum Gasteiger partial charge on any atom is -1.00 e. The molecule has 1 unspecified atom stereocenters. The molecular formula is C33H27Cl2FZr. The van der Waals surface area contributed by atoms with Gasteiger partial charge in [-0.2, -0.15) is 0 Å². The van der Waals surface area contributed by atoms with Crippen molar-refractivity contribution in [3.63, 3.8) is 0 Å². The van der Waals surface area contributed by atoms with Gasteiger partial charge in [-0.15, -0.1) is 0 Å². The van der Waals surface area contributed by atoms with Crippen molar-refractivity contribution in [2.24, 2.45) is 5.92 Å². The van der Waals surface area contributed by atoms with Gasteiger partial charge in [0.1, 0.15) is 0 Å². The Morgan fingerprint density at radius 3 is 1.84 bits per heavy atom. The summed E-state index contributed by atoms with van der Waals surface area (Å²) >= 11 is -2.54. The Morgan fingerprint density at radius 2 is 1.24 bits per heavy atom. The first kappa shape index (κ1) is 27.7. The molecule has 4 aromatic carbocycles. The fourth-order valence-corrected chi connectivity index (χ4v) is 14.6. The molecular weight excluding hydrogens is 577 g/mol. The van der Waals surface area contributed by atoms with Gasteiger partial charge in [-0.3, -0.25) is 0 Å². The van der Waals surface area contributed by atoms with Crippen LogP contribution in [0.4, 0.5) is 4.39 Å². The van der Waals surface area contributed by atoms with E-state index in [1.807, 2.05) is 12.1 Å².